The first-order chi connectivity index (χ1) is 10.0. The van der Waals surface area contributed by atoms with Crippen LogP contribution in [0.15, 0.2) is 60.7 Å². The van der Waals surface area contributed by atoms with Crippen LogP contribution in [0.5, 0.6) is 0 Å². The molecule has 0 fully saturated rings. The fourth-order valence-corrected chi connectivity index (χ4v) is 1.85. The smallest absolute Gasteiger partial charge is 0.328 e. The maximum Gasteiger partial charge on any atom is 0.328 e. The zero-order chi connectivity index (χ0) is 15.2. The van der Waals surface area contributed by atoms with Crippen LogP contribution in [0, 0.1) is 0 Å². The molecule has 0 aliphatic carbocycles. The van der Waals surface area contributed by atoms with Crippen molar-refractivity contribution >= 4 is 29.2 Å². The van der Waals surface area contributed by atoms with Crippen LogP contribution in [0.2, 0.25) is 5.02 Å². The predicted molar refractivity (Wildman–Crippen MR) is 82.3 cm³/mol. The molecule has 1 amide bonds. The molecule has 0 atom stereocenters. The normalized spacial score (nSPS) is 10.5. The van der Waals surface area contributed by atoms with E-state index < -0.39 is 11.9 Å². The van der Waals surface area contributed by atoms with Gasteiger partial charge in [0.1, 0.15) is 0 Å². The standard InChI is InChI=1S/C16H12ClNO3/c17-13-5-1-11(2-6-13)12-3-7-14(8-4-12)18-15(19)9-10-16(20)21/h1-10H,(H,18,19)(H,20,21). The summed E-state index contributed by atoms with van der Waals surface area (Å²) in [5, 5.41) is 11.7. The summed E-state index contributed by atoms with van der Waals surface area (Å²) in [6, 6.07) is 14.6. The fourth-order valence-electron chi connectivity index (χ4n) is 1.72. The van der Waals surface area contributed by atoms with E-state index in [4.69, 9.17) is 16.7 Å². The van der Waals surface area contributed by atoms with Crippen molar-refractivity contribution in [1.82, 2.24) is 0 Å². The molecule has 0 aromatic heterocycles. The van der Waals surface area contributed by atoms with Crippen LogP contribution in [0.25, 0.3) is 11.1 Å². The van der Waals surface area contributed by atoms with E-state index in [0.29, 0.717) is 10.7 Å². The van der Waals surface area contributed by atoms with Crippen molar-refractivity contribution in [3.63, 3.8) is 0 Å². The highest BCUT2D eigenvalue weighted by molar-refractivity contribution is 6.30. The zero-order valence-electron chi connectivity index (χ0n) is 10.9. The number of nitrogens with one attached hydrogen (secondary N) is 1. The number of aliphatic carboxylic acids is 1. The number of hydrogen-bond acceptors (Lipinski definition) is 2. The lowest BCUT2D eigenvalue weighted by Crippen LogP contribution is -2.08. The summed E-state index contributed by atoms with van der Waals surface area (Å²) in [4.78, 5) is 21.7. The van der Waals surface area contributed by atoms with E-state index in [9.17, 15) is 9.59 Å². The summed E-state index contributed by atoms with van der Waals surface area (Å²) in [5.41, 5.74) is 2.60. The van der Waals surface area contributed by atoms with Crippen molar-refractivity contribution in [3.05, 3.63) is 65.7 Å². The molecule has 0 unspecified atom stereocenters. The highest BCUT2D eigenvalue weighted by Crippen LogP contribution is 2.23. The van der Waals surface area contributed by atoms with Gasteiger partial charge in [0.2, 0.25) is 5.91 Å². The quantitative estimate of drug-likeness (QED) is 0.848. The van der Waals surface area contributed by atoms with E-state index in [1.807, 2.05) is 36.4 Å². The number of amides is 1. The lowest BCUT2D eigenvalue weighted by atomic mass is 10.1. The predicted octanol–water partition coefficient (Wildman–Crippen LogP) is 3.59. The van der Waals surface area contributed by atoms with Gasteiger partial charge in [-0.25, -0.2) is 4.79 Å². The number of anilines is 1. The van der Waals surface area contributed by atoms with Crippen LogP contribution < -0.4 is 5.32 Å². The monoisotopic (exact) mass is 301 g/mol. The number of hydrogen-bond donors (Lipinski definition) is 2. The highest BCUT2D eigenvalue weighted by Gasteiger charge is 2.01. The maximum atomic E-state index is 11.4. The molecule has 0 heterocycles. The average Bonchev–Trinajstić information content (AvgIpc) is 2.47. The van der Waals surface area contributed by atoms with E-state index in [1.165, 1.54) is 0 Å². The number of carbonyl (C=O) groups is 2. The van der Waals surface area contributed by atoms with Crippen molar-refractivity contribution in [2.24, 2.45) is 0 Å². The van der Waals surface area contributed by atoms with Crippen molar-refractivity contribution in [3.8, 4) is 11.1 Å². The van der Waals surface area contributed by atoms with E-state index in [0.717, 1.165) is 23.3 Å². The summed E-state index contributed by atoms with van der Waals surface area (Å²) >= 11 is 5.84. The largest absolute Gasteiger partial charge is 0.478 e. The van der Waals surface area contributed by atoms with Gasteiger partial charge < -0.3 is 10.4 Å². The van der Waals surface area contributed by atoms with Crippen LogP contribution >= 0.6 is 11.6 Å². The zero-order valence-corrected chi connectivity index (χ0v) is 11.7. The Morgan fingerprint density at radius 1 is 0.905 bits per heavy atom. The lowest BCUT2D eigenvalue weighted by Gasteiger charge is -2.05. The molecule has 0 saturated carbocycles. The average molecular weight is 302 g/mol. The molecule has 0 bridgehead atoms. The maximum absolute atomic E-state index is 11.4. The summed E-state index contributed by atoms with van der Waals surface area (Å²) in [5.74, 6) is -1.65. The Kier molecular flexibility index (Phi) is 4.74. The van der Waals surface area contributed by atoms with E-state index >= 15 is 0 Å². The van der Waals surface area contributed by atoms with Gasteiger partial charge in [0.05, 0.1) is 0 Å². The van der Waals surface area contributed by atoms with Crippen LogP contribution in [0.1, 0.15) is 0 Å². The molecule has 0 aliphatic rings. The molecule has 0 spiro atoms. The van der Waals surface area contributed by atoms with E-state index in [-0.39, 0.29) is 0 Å². The molecule has 4 nitrogen and oxygen atoms in total. The third kappa shape index (κ3) is 4.47. The topological polar surface area (TPSA) is 66.4 Å². The Hall–Kier alpha value is -2.59. The molecule has 2 rings (SSSR count). The van der Waals surface area contributed by atoms with Crippen LogP contribution in [-0.4, -0.2) is 17.0 Å². The molecular formula is C16H12ClNO3. The van der Waals surface area contributed by atoms with Gasteiger partial charge in [-0.2, -0.15) is 0 Å². The first-order valence-corrected chi connectivity index (χ1v) is 6.50. The molecule has 21 heavy (non-hydrogen) atoms. The fraction of sp³-hybridized carbons (Fsp3) is 0. The first kappa shape index (κ1) is 14.8. The Morgan fingerprint density at radius 2 is 1.43 bits per heavy atom. The molecule has 106 valence electrons. The summed E-state index contributed by atoms with van der Waals surface area (Å²) < 4.78 is 0. The summed E-state index contributed by atoms with van der Waals surface area (Å²) in [6.07, 6.45) is 1.76. The van der Waals surface area contributed by atoms with Gasteiger partial charge in [-0.1, -0.05) is 35.9 Å². The Morgan fingerprint density at radius 3 is 1.95 bits per heavy atom. The summed E-state index contributed by atoms with van der Waals surface area (Å²) in [6.45, 7) is 0. The third-order valence-corrected chi connectivity index (χ3v) is 2.96. The van der Waals surface area contributed by atoms with Crippen LogP contribution in [-0.2, 0) is 9.59 Å². The SMILES string of the molecule is O=C(O)C=CC(=O)Nc1ccc(-c2ccc(Cl)cc2)cc1. The van der Waals surface area contributed by atoms with Crippen molar-refractivity contribution in [2.45, 2.75) is 0 Å². The number of carboxylic acids is 1. The van der Waals surface area contributed by atoms with Crippen LogP contribution in [0.3, 0.4) is 0 Å². The number of halogens is 1. The Bertz CT molecular complexity index is 676. The van der Waals surface area contributed by atoms with Gasteiger partial charge in [-0.3, -0.25) is 4.79 Å². The number of rotatable bonds is 4. The van der Waals surface area contributed by atoms with Gasteiger partial charge in [0.15, 0.2) is 0 Å². The molecule has 0 radical (unpaired) electrons. The Labute approximate surface area is 126 Å². The van der Waals surface area contributed by atoms with Gasteiger partial charge in [-0.05, 0) is 35.4 Å². The van der Waals surface area contributed by atoms with Crippen molar-refractivity contribution < 1.29 is 14.7 Å². The second-order valence-corrected chi connectivity index (χ2v) is 4.68. The van der Waals surface area contributed by atoms with Gasteiger partial charge in [0.25, 0.3) is 0 Å². The van der Waals surface area contributed by atoms with Gasteiger partial charge in [0, 0.05) is 22.9 Å². The Balaban J connectivity index is 2.07. The molecule has 0 saturated heterocycles. The second-order valence-electron chi connectivity index (χ2n) is 4.25. The molecular weight excluding hydrogens is 290 g/mol. The highest BCUT2D eigenvalue weighted by atomic mass is 35.5. The van der Waals surface area contributed by atoms with Crippen molar-refractivity contribution in [1.29, 1.82) is 0 Å². The van der Waals surface area contributed by atoms with Gasteiger partial charge >= 0.3 is 5.97 Å². The van der Waals surface area contributed by atoms with Crippen molar-refractivity contribution in [2.75, 3.05) is 5.32 Å². The first-order valence-electron chi connectivity index (χ1n) is 6.12. The second kappa shape index (κ2) is 6.72. The van der Waals surface area contributed by atoms with Gasteiger partial charge in [-0.15, -0.1) is 0 Å². The minimum Gasteiger partial charge on any atom is -0.478 e. The van der Waals surface area contributed by atoms with E-state index in [1.54, 1.807) is 12.1 Å². The van der Waals surface area contributed by atoms with E-state index in [2.05, 4.69) is 5.32 Å². The number of carboxylic acid groups (broad SMARTS) is 1. The molecule has 2 N–H and O–H groups in total. The minimum absolute atomic E-state index is 0.489. The number of benzene rings is 2. The van der Waals surface area contributed by atoms with Crippen LogP contribution in [0.4, 0.5) is 5.69 Å². The molecule has 2 aromatic carbocycles. The molecule has 0 aliphatic heterocycles. The lowest BCUT2D eigenvalue weighted by molar-refractivity contribution is -0.131. The summed E-state index contributed by atoms with van der Waals surface area (Å²) in [7, 11) is 0. The number of carbonyl (C=O) groups excluding carboxylic acids is 1. The molecule has 5 heteroatoms. The minimum atomic E-state index is -1.16. The third-order valence-electron chi connectivity index (χ3n) is 2.71. The molecule has 2 aromatic rings.